The Labute approximate surface area is 198 Å². The molecule has 4 rings (SSSR count). The molecule has 10 heteroatoms. The molecule has 1 aromatic heterocycles. The molecule has 0 aliphatic rings. The van der Waals surface area contributed by atoms with Gasteiger partial charge in [-0.1, -0.05) is 34.1 Å². The van der Waals surface area contributed by atoms with Gasteiger partial charge >= 0.3 is 0 Å². The Hall–Kier alpha value is -2.82. The lowest BCUT2D eigenvalue weighted by Crippen LogP contribution is -2.16. The summed E-state index contributed by atoms with van der Waals surface area (Å²) < 4.78 is 34.7. The molecular weight excluding hydrogens is 512 g/mol. The number of ether oxygens (including phenoxy) is 1. The number of fused-ring (bicyclic) bond motifs is 1. The smallest absolute Gasteiger partial charge is 0.263 e. The Morgan fingerprint density at radius 1 is 0.938 bits per heavy atom. The summed E-state index contributed by atoms with van der Waals surface area (Å²) in [7, 11) is -2.30. The molecule has 0 atom stereocenters. The van der Waals surface area contributed by atoms with Crippen molar-refractivity contribution in [1.82, 2.24) is 9.97 Å². The molecular formula is C22H19BrN4O3S2. The first kappa shape index (κ1) is 22.4. The maximum atomic E-state index is 13.0. The van der Waals surface area contributed by atoms with Crippen molar-refractivity contribution >= 4 is 66.1 Å². The third-order valence-corrected chi connectivity index (χ3v) is 7.06. The van der Waals surface area contributed by atoms with Gasteiger partial charge < -0.3 is 10.1 Å². The van der Waals surface area contributed by atoms with E-state index in [2.05, 4.69) is 35.9 Å². The summed E-state index contributed by atoms with van der Waals surface area (Å²) in [6.07, 6.45) is 1.96. The minimum atomic E-state index is -3.90. The van der Waals surface area contributed by atoms with Gasteiger partial charge in [0.1, 0.15) is 5.75 Å². The first-order chi connectivity index (χ1) is 15.4. The first-order valence-electron chi connectivity index (χ1n) is 9.43. The number of rotatable bonds is 7. The van der Waals surface area contributed by atoms with E-state index in [1.807, 2.05) is 42.7 Å². The van der Waals surface area contributed by atoms with E-state index in [0.717, 1.165) is 4.90 Å². The third-order valence-electron chi connectivity index (χ3n) is 4.52. The number of para-hydroxylation sites is 2. The molecule has 4 aromatic rings. The maximum Gasteiger partial charge on any atom is 0.263 e. The van der Waals surface area contributed by atoms with Gasteiger partial charge in [-0.05, 0) is 48.7 Å². The van der Waals surface area contributed by atoms with Crippen LogP contribution in [0.3, 0.4) is 0 Å². The number of methoxy groups -OCH3 is 1. The van der Waals surface area contributed by atoms with Gasteiger partial charge in [0.05, 0.1) is 23.0 Å². The molecule has 0 aliphatic carbocycles. The van der Waals surface area contributed by atoms with Crippen LogP contribution in [-0.4, -0.2) is 31.8 Å². The number of halogens is 1. The Morgan fingerprint density at radius 3 is 2.31 bits per heavy atom. The lowest BCUT2D eigenvalue weighted by Gasteiger charge is -2.15. The van der Waals surface area contributed by atoms with Crippen LogP contribution >= 0.6 is 27.7 Å². The molecule has 0 bridgehead atoms. The Morgan fingerprint density at radius 2 is 1.66 bits per heavy atom. The van der Waals surface area contributed by atoms with Crippen molar-refractivity contribution < 1.29 is 13.2 Å². The molecule has 0 spiro atoms. The molecule has 0 saturated heterocycles. The normalized spacial score (nSPS) is 11.3. The average Bonchev–Trinajstić information content (AvgIpc) is 2.79. The number of aromatic nitrogens is 2. The maximum absolute atomic E-state index is 13.0. The summed E-state index contributed by atoms with van der Waals surface area (Å²) in [5.41, 5.74) is 1.90. The molecule has 0 fully saturated rings. The third kappa shape index (κ3) is 4.98. The van der Waals surface area contributed by atoms with Crippen LogP contribution in [0.15, 0.2) is 81.0 Å². The van der Waals surface area contributed by atoms with Gasteiger partial charge in [-0.15, -0.1) is 11.8 Å². The van der Waals surface area contributed by atoms with Crippen LogP contribution in [0, 0.1) is 0 Å². The van der Waals surface area contributed by atoms with Crippen molar-refractivity contribution in [1.29, 1.82) is 0 Å². The molecule has 0 unspecified atom stereocenters. The Kier molecular flexibility index (Phi) is 6.54. The largest absolute Gasteiger partial charge is 0.497 e. The SMILES string of the molecule is COc1cc(Nc2nc3ccccc3nc2NS(=O)(=O)c2cccc(Br)c2)cc(SC)c1. The average molecular weight is 531 g/mol. The molecule has 3 aromatic carbocycles. The number of nitrogens with zero attached hydrogens (tertiary/aromatic N) is 2. The summed E-state index contributed by atoms with van der Waals surface area (Å²) >= 11 is 4.88. The minimum absolute atomic E-state index is 0.0946. The van der Waals surface area contributed by atoms with E-state index in [0.29, 0.717) is 26.9 Å². The van der Waals surface area contributed by atoms with Gasteiger partial charge in [-0.2, -0.15) is 0 Å². The fraction of sp³-hybridized carbons (Fsp3) is 0.0909. The van der Waals surface area contributed by atoms with Crippen LogP contribution in [-0.2, 0) is 10.0 Å². The predicted octanol–water partition coefficient (Wildman–Crippen LogP) is 5.67. The minimum Gasteiger partial charge on any atom is -0.497 e. The lowest BCUT2D eigenvalue weighted by atomic mass is 10.3. The molecule has 1 heterocycles. The van der Waals surface area contributed by atoms with Crippen molar-refractivity contribution in [2.45, 2.75) is 9.79 Å². The van der Waals surface area contributed by atoms with Crippen LogP contribution in [0.1, 0.15) is 0 Å². The van der Waals surface area contributed by atoms with E-state index in [-0.39, 0.29) is 16.5 Å². The van der Waals surface area contributed by atoms with Crippen LogP contribution in [0.2, 0.25) is 0 Å². The van der Waals surface area contributed by atoms with Crippen molar-refractivity contribution in [2.24, 2.45) is 0 Å². The Bertz CT molecular complexity index is 1380. The summed E-state index contributed by atoms with van der Waals surface area (Å²) in [5, 5.41) is 3.20. The number of thioether (sulfide) groups is 1. The van der Waals surface area contributed by atoms with Crippen molar-refractivity contribution in [3.63, 3.8) is 0 Å². The van der Waals surface area contributed by atoms with E-state index in [4.69, 9.17) is 4.74 Å². The van der Waals surface area contributed by atoms with Gasteiger partial charge in [0.15, 0.2) is 11.6 Å². The zero-order chi connectivity index (χ0) is 22.7. The zero-order valence-electron chi connectivity index (χ0n) is 17.2. The monoisotopic (exact) mass is 530 g/mol. The lowest BCUT2D eigenvalue weighted by molar-refractivity contribution is 0.414. The number of sulfonamides is 1. The molecule has 164 valence electrons. The van der Waals surface area contributed by atoms with Gasteiger partial charge in [0, 0.05) is 21.1 Å². The van der Waals surface area contributed by atoms with Gasteiger partial charge in [-0.3, -0.25) is 4.72 Å². The zero-order valence-corrected chi connectivity index (χ0v) is 20.4. The molecule has 0 radical (unpaired) electrons. The summed E-state index contributed by atoms with van der Waals surface area (Å²) in [5.74, 6) is 1.05. The van der Waals surface area contributed by atoms with Gasteiger partial charge in [-0.25, -0.2) is 18.4 Å². The van der Waals surface area contributed by atoms with Gasteiger partial charge in [0.25, 0.3) is 10.0 Å². The molecule has 2 N–H and O–H groups in total. The number of benzene rings is 3. The molecule has 0 aliphatic heterocycles. The molecule has 7 nitrogen and oxygen atoms in total. The standard InChI is InChI=1S/C22H19BrN4O3S2/c1-30-16-11-15(12-17(13-16)31-2)24-21-22(26-20-9-4-3-8-19(20)25-21)27-32(28,29)18-7-5-6-14(23)10-18/h3-13H,1-2H3,(H,24,25)(H,26,27). The Balaban J connectivity index is 1.79. The highest BCUT2D eigenvalue weighted by Gasteiger charge is 2.19. The van der Waals surface area contributed by atoms with Crippen molar-refractivity contribution in [3.8, 4) is 5.75 Å². The molecule has 32 heavy (non-hydrogen) atoms. The van der Waals surface area contributed by atoms with E-state index in [9.17, 15) is 8.42 Å². The van der Waals surface area contributed by atoms with Crippen LogP contribution in [0.5, 0.6) is 5.75 Å². The second-order valence-corrected chi connectivity index (χ2v) is 10.2. The van der Waals surface area contributed by atoms with Crippen LogP contribution in [0.25, 0.3) is 11.0 Å². The molecule has 0 saturated carbocycles. The highest BCUT2D eigenvalue weighted by molar-refractivity contribution is 9.10. The summed E-state index contributed by atoms with van der Waals surface area (Å²) in [6.45, 7) is 0. The van der Waals surface area contributed by atoms with E-state index in [1.54, 1.807) is 37.1 Å². The highest BCUT2D eigenvalue weighted by atomic mass is 79.9. The second-order valence-electron chi connectivity index (χ2n) is 6.70. The number of hydrogen-bond acceptors (Lipinski definition) is 7. The number of hydrogen-bond donors (Lipinski definition) is 2. The fourth-order valence-corrected chi connectivity index (χ4v) is 5.08. The second kappa shape index (κ2) is 9.35. The number of anilines is 3. The van der Waals surface area contributed by atoms with E-state index < -0.39 is 10.0 Å². The van der Waals surface area contributed by atoms with Crippen LogP contribution in [0.4, 0.5) is 17.3 Å². The van der Waals surface area contributed by atoms with Crippen molar-refractivity contribution in [3.05, 3.63) is 71.2 Å². The highest BCUT2D eigenvalue weighted by Crippen LogP contribution is 2.31. The van der Waals surface area contributed by atoms with E-state index >= 15 is 0 Å². The van der Waals surface area contributed by atoms with Crippen molar-refractivity contribution in [2.75, 3.05) is 23.4 Å². The predicted molar refractivity (Wildman–Crippen MR) is 133 cm³/mol. The summed E-state index contributed by atoms with van der Waals surface area (Å²) in [6, 6.07) is 19.4. The topological polar surface area (TPSA) is 93.2 Å². The van der Waals surface area contributed by atoms with Gasteiger partial charge in [0.2, 0.25) is 0 Å². The summed E-state index contributed by atoms with van der Waals surface area (Å²) in [4.78, 5) is 10.2. The fourth-order valence-electron chi connectivity index (χ4n) is 3.00. The van der Waals surface area contributed by atoms with Crippen LogP contribution < -0.4 is 14.8 Å². The number of nitrogens with one attached hydrogen (secondary N) is 2. The van der Waals surface area contributed by atoms with E-state index in [1.165, 1.54) is 12.1 Å². The first-order valence-corrected chi connectivity index (χ1v) is 12.9. The molecule has 0 amide bonds. The quantitative estimate of drug-likeness (QED) is 0.297.